The monoisotopic (exact) mass is 128 g/mol. The quantitative estimate of drug-likeness (QED) is 0.516. The lowest BCUT2D eigenvalue weighted by molar-refractivity contribution is 0.380. The standard InChI is InChI=1S/C2H5ClO2S/c1-2-5-6(3)4/h2H2,1H3. The average Bonchev–Trinajstić information content (AvgIpc) is 1.35. The zero-order valence-electron chi connectivity index (χ0n) is 3.31. The van der Waals surface area contributed by atoms with E-state index in [4.69, 9.17) is 10.7 Å². The van der Waals surface area contributed by atoms with E-state index >= 15 is 0 Å². The van der Waals surface area contributed by atoms with Crippen molar-refractivity contribution in [1.82, 2.24) is 0 Å². The Balaban J connectivity index is 2.83. The van der Waals surface area contributed by atoms with Gasteiger partial charge in [-0.15, -0.1) is 0 Å². The zero-order chi connectivity index (χ0) is 4.99. The highest BCUT2D eigenvalue weighted by Crippen LogP contribution is 1.87. The predicted molar refractivity (Wildman–Crippen MR) is 25.6 cm³/mol. The predicted octanol–water partition coefficient (Wildman–Crippen LogP) is 0.840. The molecule has 0 spiro atoms. The summed E-state index contributed by atoms with van der Waals surface area (Å²) in [5.41, 5.74) is 0. The third-order valence-corrected chi connectivity index (χ3v) is 0.899. The molecular formula is C2H5ClO2S. The van der Waals surface area contributed by atoms with Crippen molar-refractivity contribution in [2.75, 3.05) is 6.61 Å². The van der Waals surface area contributed by atoms with Crippen LogP contribution in [0.25, 0.3) is 0 Å². The smallest absolute Gasteiger partial charge is 0.255 e. The van der Waals surface area contributed by atoms with E-state index in [-0.39, 0.29) is 0 Å². The van der Waals surface area contributed by atoms with Gasteiger partial charge < -0.3 is 0 Å². The van der Waals surface area contributed by atoms with Gasteiger partial charge in [-0.2, -0.15) is 0 Å². The van der Waals surface area contributed by atoms with E-state index < -0.39 is 10.3 Å². The van der Waals surface area contributed by atoms with Gasteiger partial charge in [-0.25, -0.2) is 4.21 Å². The Kier molecular flexibility index (Phi) is 3.82. The van der Waals surface area contributed by atoms with Crippen LogP contribution in [0.5, 0.6) is 0 Å². The Morgan fingerprint density at radius 2 is 2.50 bits per heavy atom. The molecule has 1 atom stereocenters. The van der Waals surface area contributed by atoms with Crippen LogP contribution < -0.4 is 0 Å². The molecule has 0 saturated carbocycles. The van der Waals surface area contributed by atoms with Crippen LogP contribution >= 0.6 is 10.7 Å². The third-order valence-electron chi connectivity index (χ3n) is 0.211. The molecule has 0 aliphatic heterocycles. The van der Waals surface area contributed by atoms with Gasteiger partial charge in [0, 0.05) is 10.7 Å². The lowest BCUT2D eigenvalue weighted by Gasteiger charge is -1.83. The van der Waals surface area contributed by atoms with Crippen molar-refractivity contribution < 1.29 is 8.39 Å². The van der Waals surface area contributed by atoms with Gasteiger partial charge in [0.05, 0.1) is 6.61 Å². The van der Waals surface area contributed by atoms with Crippen molar-refractivity contribution in [3.63, 3.8) is 0 Å². The van der Waals surface area contributed by atoms with Crippen LogP contribution in [0.1, 0.15) is 6.92 Å². The summed E-state index contributed by atoms with van der Waals surface area (Å²) in [6, 6.07) is 0. The van der Waals surface area contributed by atoms with E-state index in [0.29, 0.717) is 6.61 Å². The van der Waals surface area contributed by atoms with E-state index in [9.17, 15) is 4.21 Å². The Morgan fingerprint density at radius 3 is 2.50 bits per heavy atom. The first-order chi connectivity index (χ1) is 2.77. The number of rotatable bonds is 2. The molecular weight excluding hydrogens is 124 g/mol. The van der Waals surface area contributed by atoms with Crippen molar-refractivity contribution in [3.05, 3.63) is 0 Å². The topological polar surface area (TPSA) is 26.3 Å². The van der Waals surface area contributed by atoms with Crippen LogP contribution in [-0.2, 0) is 14.5 Å². The van der Waals surface area contributed by atoms with Gasteiger partial charge in [-0.05, 0) is 6.92 Å². The molecule has 0 saturated heterocycles. The summed E-state index contributed by atoms with van der Waals surface area (Å²) in [5.74, 6) is 0. The fourth-order valence-electron chi connectivity index (χ4n) is 0.0927. The van der Waals surface area contributed by atoms with Crippen molar-refractivity contribution >= 4 is 21.0 Å². The number of hydrogen-bond acceptors (Lipinski definition) is 2. The lowest BCUT2D eigenvalue weighted by atomic mass is 10.9. The van der Waals surface area contributed by atoms with Gasteiger partial charge in [0.25, 0.3) is 10.3 Å². The molecule has 38 valence electrons. The second-order valence-corrected chi connectivity index (χ2v) is 1.98. The molecule has 0 rings (SSSR count). The molecule has 0 aliphatic carbocycles. The van der Waals surface area contributed by atoms with Crippen LogP contribution in [-0.4, -0.2) is 10.8 Å². The summed E-state index contributed by atoms with van der Waals surface area (Å²) >= 11 is 0. The van der Waals surface area contributed by atoms with Gasteiger partial charge >= 0.3 is 0 Å². The molecule has 0 radical (unpaired) electrons. The van der Waals surface area contributed by atoms with Gasteiger partial charge in [-0.3, -0.25) is 4.18 Å². The first kappa shape index (κ1) is 6.40. The maximum atomic E-state index is 9.70. The van der Waals surface area contributed by atoms with Crippen LogP contribution in [0.2, 0.25) is 0 Å². The van der Waals surface area contributed by atoms with Crippen LogP contribution in [0.15, 0.2) is 0 Å². The largest absolute Gasteiger partial charge is 0.278 e. The normalized spacial score (nSPS) is 14.3. The second-order valence-electron chi connectivity index (χ2n) is 0.601. The number of hydrogen-bond donors (Lipinski definition) is 0. The highest BCUT2D eigenvalue weighted by molar-refractivity contribution is 8.04. The van der Waals surface area contributed by atoms with Crippen molar-refractivity contribution in [2.45, 2.75) is 6.92 Å². The highest BCUT2D eigenvalue weighted by atomic mass is 35.7. The molecule has 0 aromatic carbocycles. The molecule has 4 heteroatoms. The van der Waals surface area contributed by atoms with E-state index in [1.54, 1.807) is 6.92 Å². The summed E-state index contributed by atoms with van der Waals surface area (Å²) in [4.78, 5) is 0. The minimum Gasteiger partial charge on any atom is -0.278 e. The molecule has 0 heterocycles. The molecule has 0 aromatic rings. The highest BCUT2D eigenvalue weighted by Gasteiger charge is 1.83. The molecule has 0 bridgehead atoms. The molecule has 6 heavy (non-hydrogen) atoms. The van der Waals surface area contributed by atoms with E-state index in [2.05, 4.69) is 4.18 Å². The van der Waals surface area contributed by atoms with Crippen molar-refractivity contribution in [2.24, 2.45) is 0 Å². The summed E-state index contributed by atoms with van der Waals surface area (Å²) in [7, 11) is 3.23. The fourth-order valence-corrected chi connectivity index (χ4v) is 0.545. The minimum atomic E-state index is -1.59. The Morgan fingerprint density at radius 1 is 2.00 bits per heavy atom. The third kappa shape index (κ3) is 4.40. The Bertz CT molecular complexity index is 55.5. The zero-order valence-corrected chi connectivity index (χ0v) is 4.88. The number of halogens is 1. The van der Waals surface area contributed by atoms with Crippen LogP contribution in [0.4, 0.5) is 0 Å². The van der Waals surface area contributed by atoms with Gasteiger partial charge in [0.1, 0.15) is 0 Å². The SMILES string of the molecule is CCOS(=O)Cl. The van der Waals surface area contributed by atoms with Crippen molar-refractivity contribution in [3.8, 4) is 0 Å². The maximum Gasteiger partial charge on any atom is 0.255 e. The molecule has 0 amide bonds. The van der Waals surface area contributed by atoms with E-state index in [0.717, 1.165) is 0 Å². The molecule has 0 N–H and O–H groups in total. The van der Waals surface area contributed by atoms with Gasteiger partial charge in [-0.1, -0.05) is 0 Å². The summed E-state index contributed by atoms with van der Waals surface area (Å²) in [6.45, 7) is 2.12. The molecule has 0 fully saturated rings. The average molecular weight is 129 g/mol. The first-order valence-electron chi connectivity index (χ1n) is 1.48. The van der Waals surface area contributed by atoms with Crippen LogP contribution in [0, 0.1) is 0 Å². The van der Waals surface area contributed by atoms with Crippen LogP contribution in [0.3, 0.4) is 0 Å². The molecule has 0 aromatic heterocycles. The van der Waals surface area contributed by atoms with Gasteiger partial charge in [0.15, 0.2) is 0 Å². The molecule has 2 nitrogen and oxygen atoms in total. The fraction of sp³-hybridized carbons (Fsp3) is 1.00. The summed E-state index contributed by atoms with van der Waals surface area (Å²) in [6.07, 6.45) is 0. The maximum absolute atomic E-state index is 9.70. The summed E-state index contributed by atoms with van der Waals surface area (Å²) < 4.78 is 14.0. The Labute approximate surface area is 43.6 Å². The lowest BCUT2D eigenvalue weighted by Crippen LogP contribution is -1.84. The van der Waals surface area contributed by atoms with Crippen molar-refractivity contribution in [1.29, 1.82) is 0 Å². The minimum absolute atomic E-state index is 0.399. The van der Waals surface area contributed by atoms with E-state index in [1.807, 2.05) is 0 Å². The summed E-state index contributed by atoms with van der Waals surface area (Å²) in [5, 5.41) is 0. The molecule has 1 unspecified atom stereocenters. The van der Waals surface area contributed by atoms with Gasteiger partial charge in [0.2, 0.25) is 0 Å². The Hall–Kier alpha value is 0.400. The molecule has 0 aliphatic rings. The second kappa shape index (κ2) is 3.59. The van der Waals surface area contributed by atoms with E-state index in [1.165, 1.54) is 0 Å². The first-order valence-corrected chi connectivity index (χ1v) is 3.38.